The average Bonchev–Trinajstić information content (AvgIpc) is 2.54. The second kappa shape index (κ2) is 8.45. The molecule has 0 aliphatic carbocycles. The first-order valence-corrected chi connectivity index (χ1v) is 7.95. The van der Waals surface area contributed by atoms with Crippen molar-refractivity contribution in [2.75, 3.05) is 0 Å². The van der Waals surface area contributed by atoms with Gasteiger partial charge in [0.25, 0.3) is 0 Å². The molecule has 2 rings (SSSR count). The average molecular weight is 331 g/mol. The number of nitrogens with one attached hydrogen (secondary N) is 1. The number of phenols is 1. The summed E-state index contributed by atoms with van der Waals surface area (Å²) in [6.07, 6.45) is 0.285. The summed E-state index contributed by atoms with van der Waals surface area (Å²) in [7, 11) is 0. The molecule has 0 radical (unpaired) electrons. The van der Waals surface area contributed by atoms with E-state index in [-0.39, 0.29) is 29.9 Å². The monoisotopic (exact) mass is 331 g/mol. The lowest BCUT2D eigenvalue weighted by Crippen LogP contribution is -2.33. The highest BCUT2D eigenvalue weighted by molar-refractivity contribution is 5.76. The van der Waals surface area contributed by atoms with E-state index < -0.39 is 6.10 Å². The molecule has 0 bridgehead atoms. The van der Waals surface area contributed by atoms with Crippen molar-refractivity contribution in [2.45, 2.75) is 38.3 Å². The van der Waals surface area contributed by atoms with Crippen molar-refractivity contribution in [1.29, 1.82) is 0 Å². The van der Waals surface area contributed by atoms with E-state index in [2.05, 4.69) is 5.32 Å². The fourth-order valence-electron chi connectivity index (χ4n) is 2.53. The zero-order valence-corrected chi connectivity index (χ0v) is 13.6. The van der Waals surface area contributed by atoms with Crippen molar-refractivity contribution in [3.05, 3.63) is 65.5 Å². The molecule has 128 valence electrons. The second-order valence-corrected chi connectivity index (χ2v) is 5.90. The third-order valence-electron chi connectivity index (χ3n) is 3.85. The number of aliphatic hydroxyl groups is 1. The maximum atomic E-state index is 12.9. The van der Waals surface area contributed by atoms with E-state index in [0.29, 0.717) is 18.4 Å². The lowest BCUT2D eigenvalue weighted by atomic mass is 10.0. The normalized spacial score (nSPS) is 13.3. The number of rotatable bonds is 7. The van der Waals surface area contributed by atoms with Gasteiger partial charge in [0.2, 0.25) is 5.91 Å². The Morgan fingerprint density at radius 3 is 2.50 bits per heavy atom. The van der Waals surface area contributed by atoms with Crippen LogP contribution in [0, 0.1) is 5.82 Å². The molecule has 4 nitrogen and oxygen atoms in total. The van der Waals surface area contributed by atoms with E-state index in [0.717, 1.165) is 5.56 Å². The predicted octanol–water partition coefficient (Wildman–Crippen LogP) is 3.09. The third-order valence-corrected chi connectivity index (χ3v) is 3.85. The number of para-hydroxylation sites is 1. The van der Waals surface area contributed by atoms with Gasteiger partial charge in [-0.05, 0) is 49.1 Å². The number of aryl methyl sites for hydroxylation is 1. The zero-order chi connectivity index (χ0) is 17.5. The lowest BCUT2D eigenvalue weighted by molar-refractivity contribution is -0.121. The number of aromatic hydroxyl groups is 1. The second-order valence-electron chi connectivity index (χ2n) is 5.90. The number of carbonyl (C=O) groups is 1. The fourth-order valence-corrected chi connectivity index (χ4v) is 2.53. The minimum atomic E-state index is -0.765. The SMILES string of the molecule is CC(CC(O)c1ccc(F)cc1)NC(=O)CCc1ccccc1O. The van der Waals surface area contributed by atoms with Gasteiger partial charge in [-0.25, -0.2) is 4.39 Å². The van der Waals surface area contributed by atoms with Crippen LogP contribution in [0.15, 0.2) is 48.5 Å². The minimum absolute atomic E-state index is 0.142. The van der Waals surface area contributed by atoms with Gasteiger partial charge < -0.3 is 15.5 Å². The van der Waals surface area contributed by atoms with Gasteiger partial charge in [-0.3, -0.25) is 4.79 Å². The summed E-state index contributed by atoms with van der Waals surface area (Å²) in [5, 5.41) is 22.6. The first-order valence-electron chi connectivity index (χ1n) is 7.95. The van der Waals surface area contributed by atoms with Crippen molar-refractivity contribution in [3.63, 3.8) is 0 Å². The standard InChI is InChI=1S/C19H22FNO3/c1-13(12-18(23)15-6-9-16(20)10-7-15)21-19(24)11-8-14-4-2-3-5-17(14)22/h2-7,9-10,13,18,22-23H,8,11-12H2,1H3,(H,21,24). The van der Waals surface area contributed by atoms with Crippen LogP contribution in [-0.4, -0.2) is 22.2 Å². The Morgan fingerprint density at radius 1 is 1.17 bits per heavy atom. The van der Waals surface area contributed by atoms with E-state index in [1.54, 1.807) is 18.2 Å². The predicted molar refractivity (Wildman–Crippen MR) is 90.0 cm³/mol. The molecule has 2 unspecified atom stereocenters. The lowest BCUT2D eigenvalue weighted by Gasteiger charge is -2.18. The number of phenolic OH excluding ortho intramolecular Hbond substituents is 1. The summed E-state index contributed by atoms with van der Waals surface area (Å²) in [5.74, 6) is -0.307. The number of hydrogen-bond donors (Lipinski definition) is 3. The molecule has 2 aromatic carbocycles. The van der Waals surface area contributed by atoms with Crippen molar-refractivity contribution in [1.82, 2.24) is 5.32 Å². The van der Waals surface area contributed by atoms with Crippen LogP contribution in [0.4, 0.5) is 4.39 Å². The fraction of sp³-hybridized carbons (Fsp3) is 0.316. The molecule has 0 spiro atoms. The largest absolute Gasteiger partial charge is 0.508 e. The Labute approximate surface area is 141 Å². The quantitative estimate of drug-likeness (QED) is 0.730. The van der Waals surface area contributed by atoms with Crippen molar-refractivity contribution >= 4 is 5.91 Å². The number of amides is 1. The third kappa shape index (κ3) is 5.35. The number of benzene rings is 2. The smallest absolute Gasteiger partial charge is 0.220 e. The molecular formula is C19H22FNO3. The van der Waals surface area contributed by atoms with E-state index >= 15 is 0 Å². The Balaban J connectivity index is 1.79. The number of aliphatic hydroxyl groups excluding tert-OH is 1. The molecule has 0 saturated heterocycles. The molecule has 2 aromatic rings. The van der Waals surface area contributed by atoms with Crippen LogP contribution >= 0.6 is 0 Å². The molecule has 0 aliphatic heterocycles. The molecular weight excluding hydrogens is 309 g/mol. The van der Waals surface area contributed by atoms with Gasteiger partial charge in [0.15, 0.2) is 0 Å². The summed E-state index contributed by atoms with van der Waals surface area (Å²) >= 11 is 0. The highest BCUT2D eigenvalue weighted by Gasteiger charge is 2.15. The summed E-state index contributed by atoms with van der Waals surface area (Å²) in [6, 6.07) is 12.4. The molecule has 0 aliphatic rings. The van der Waals surface area contributed by atoms with Crippen molar-refractivity contribution in [2.24, 2.45) is 0 Å². The number of hydrogen-bond acceptors (Lipinski definition) is 3. The van der Waals surface area contributed by atoms with E-state index in [4.69, 9.17) is 0 Å². The molecule has 1 amide bonds. The van der Waals surface area contributed by atoms with Crippen molar-refractivity contribution < 1.29 is 19.4 Å². The number of carbonyl (C=O) groups excluding carboxylic acids is 1. The first-order chi connectivity index (χ1) is 11.5. The topological polar surface area (TPSA) is 69.6 Å². The maximum absolute atomic E-state index is 12.9. The van der Waals surface area contributed by atoms with E-state index in [1.807, 2.05) is 13.0 Å². The Kier molecular flexibility index (Phi) is 6.32. The van der Waals surface area contributed by atoms with Crippen LogP contribution < -0.4 is 5.32 Å². The van der Waals surface area contributed by atoms with Gasteiger partial charge >= 0.3 is 0 Å². The highest BCUT2D eigenvalue weighted by Crippen LogP contribution is 2.19. The molecule has 2 atom stereocenters. The van der Waals surface area contributed by atoms with Gasteiger partial charge in [-0.2, -0.15) is 0 Å². The van der Waals surface area contributed by atoms with Crippen LogP contribution in [0.5, 0.6) is 5.75 Å². The van der Waals surface area contributed by atoms with Gasteiger partial charge in [0.1, 0.15) is 11.6 Å². The van der Waals surface area contributed by atoms with Gasteiger partial charge in [-0.15, -0.1) is 0 Å². The van der Waals surface area contributed by atoms with E-state index in [9.17, 15) is 19.4 Å². The molecule has 0 aromatic heterocycles. The molecule has 3 N–H and O–H groups in total. The summed E-state index contributed by atoms with van der Waals surface area (Å²) in [6.45, 7) is 1.81. The van der Waals surface area contributed by atoms with Gasteiger partial charge in [-0.1, -0.05) is 30.3 Å². The summed E-state index contributed by atoms with van der Waals surface area (Å²) < 4.78 is 12.9. The Bertz CT molecular complexity index is 673. The minimum Gasteiger partial charge on any atom is -0.508 e. The first kappa shape index (κ1) is 17.9. The van der Waals surface area contributed by atoms with Crippen LogP contribution in [0.3, 0.4) is 0 Å². The molecule has 24 heavy (non-hydrogen) atoms. The van der Waals surface area contributed by atoms with Gasteiger partial charge in [0.05, 0.1) is 6.10 Å². The van der Waals surface area contributed by atoms with Crippen LogP contribution in [-0.2, 0) is 11.2 Å². The summed E-state index contributed by atoms with van der Waals surface area (Å²) in [5.41, 5.74) is 1.35. The maximum Gasteiger partial charge on any atom is 0.220 e. The highest BCUT2D eigenvalue weighted by atomic mass is 19.1. The van der Waals surface area contributed by atoms with Gasteiger partial charge in [0, 0.05) is 12.5 Å². The van der Waals surface area contributed by atoms with Crippen LogP contribution in [0.25, 0.3) is 0 Å². The Hall–Kier alpha value is -2.40. The molecule has 0 heterocycles. The summed E-state index contributed by atoms with van der Waals surface area (Å²) in [4.78, 5) is 12.0. The van der Waals surface area contributed by atoms with Crippen molar-refractivity contribution in [3.8, 4) is 5.75 Å². The van der Waals surface area contributed by atoms with Crippen LogP contribution in [0.1, 0.15) is 37.0 Å². The zero-order valence-electron chi connectivity index (χ0n) is 13.6. The Morgan fingerprint density at radius 2 is 1.83 bits per heavy atom. The molecule has 0 fully saturated rings. The molecule has 5 heteroatoms. The molecule has 0 saturated carbocycles. The number of halogens is 1. The van der Waals surface area contributed by atoms with E-state index in [1.165, 1.54) is 24.3 Å². The van der Waals surface area contributed by atoms with Crippen LogP contribution in [0.2, 0.25) is 0 Å².